The molecule has 0 aliphatic heterocycles. The van der Waals surface area contributed by atoms with Crippen LogP contribution in [0.25, 0.3) is 83.6 Å². The highest BCUT2D eigenvalue weighted by Crippen LogP contribution is 2.58. The maximum absolute atomic E-state index is 3.41. The molecule has 2 heteroatoms. The van der Waals surface area contributed by atoms with E-state index in [4.69, 9.17) is 0 Å². The molecule has 13 rings (SSSR count). The highest BCUT2D eigenvalue weighted by molar-refractivity contribution is 6.11. The Balaban J connectivity index is 0.911. The van der Waals surface area contributed by atoms with Crippen LogP contribution in [0.1, 0.15) is 33.4 Å². The maximum Gasteiger partial charge on any atom is 0.0714 e. The smallest absolute Gasteiger partial charge is 0.0714 e. The Bertz CT molecular complexity index is 4080. The number of anilines is 1. The molecular formula is C73H52N2. The number of fused-ring (bicyclic) bond motifs is 6. The minimum absolute atomic E-state index is 0.501. The summed E-state index contributed by atoms with van der Waals surface area (Å²) >= 11 is 0. The van der Waals surface area contributed by atoms with Crippen LogP contribution < -0.4 is 5.32 Å². The van der Waals surface area contributed by atoms with E-state index in [1.807, 2.05) is 24.4 Å². The van der Waals surface area contributed by atoms with Crippen molar-refractivity contribution in [3.63, 3.8) is 0 Å². The number of para-hydroxylation sites is 2. The Morgan fingerprint density at radius 1 is 0.400 bits per heavy atom. The van der Waals surface area contributed by atoms with Crippen LogP contribution in [0, 0.1) is 0 Å². The van der Waals surface area contributed by atoms with Crippen LogP contribution in [0.3, 0.4) is 0 Å². The molecule has 354 valence electrons. The number of aromatic nitrogens is 1. The molecule has 0 radical (unpaired) electrons. The third kappa shape index (κ3) is 8.20. The zero-order valence-electron chi connectivity index (χ0n) is 41.4. The van der Waals surface area contributed by atoms with Crippen molar-refractivity contribution >= 4 is 39.1 Å². The Morgan fingerprint density at radius 2 is 0.973 bits per heavy atom. The molecule has 11 aromatic carbocycles. The summed E-state index contributed by atoms with van der Waals surface area (Å²) in [7, 11) is 0. The fourth-order valence-corrected chi connectivity index (χ4v) is 11.6. The van der Waals surface area contributed by atoms with Gasteiger partial charge in [-0.25, -0.2) is 0 Å². The van der Waals surface area contributed by atoms with Gasteiger partial charge < -0.3 is 9.88 Å². The Hall–Kier alpha value is -9.76. The average molecular weight is 957 g/mol. The van der Waals surface area contributed by atoms with E-state index in [1.165, 1.54) is 88.7 Å². The molecule has 75 heavy (non-hydrogen) atoms. The van der Waals surface area contributed by atoms with E-state index in [-0.39, 0.29) is 0 Å². The van der Waals surface area contributed by atoms with E-state index in [9.17, 15) is 0 Å². The number of hydrogen-bond acceptors (Lipinski definition) is 1. The van der Waals surface area contributed by atoms with E-state index in [0.29, 0.717) is 0 Å². The monoisotopic (exact) mass is 956 g/mol. The normalized spacial score (nSPS) is 12.9. The van der Waals surface area contributed by atoms with Gasteiger partial charge in [0.1, 0.15) is 0 Å². The van der Waals surface area contributed by atoms with Crippen molar-refractivity contribution in [2.45, 2.75) is 5.41 Å². The third-order valence-corrected chi connectivity index (χ3v) is 15.0. The molecule has 1 N–H and O–H groups in total. The summed E-state index contributed by atoms with van der Waals surface area (Å²) in [6, 6.07) is 101. The molecule has 1 heterocycles. The van der Waals surface area contributed by atoms with Gasteiger partial charge in [0.05, 0.1) is 22.1 Å². The minimum atomic E-state index is -0.501. The summed E-state index contributed by atoms with van der Waals surface area (Å²) in [5.41, 5.74) is 22.1. The molecule has 0 bridgehead atoms. The molecule has 0 unspecified atom stereocenters. The van der Waals surface area contributed by atoms with Crippen molar-refractivity contribution in [2.24, 2.45) is 0 Å². The van der Waals surface area contributed by atoms with Crippen LogP contribution in [-0.4, -0.2) is 4.57 Å². The lowest BCUT2D eigenvalue weighted by atomic mass is 9.68. The molecule has 1 aliphatic rings. The van der Waals surface area contributed by atoms with E-state index in [0.717, 1.165) is 28.0 Å². The van der Waals surface area contributed by atoms with Crippen LogP contribution >= 0.6 is 0 Å². The van der Waals surface area contributed by atoms with Gasteiger partial charge in [0, 0.05) is 28.2 Å². The van der Waals surface area contributed by atoms with Gasteiger partial charge in [-0.3, -0.25) is 0 Å². The summed E-state index contributed by atoms with van der Waals surface area (Å²) in [6.45, 7) is 0. The van der Waals surface area contributed by atoms with E-state index in [1.54, 1.807) is 0 Å². The number of nitrogens with zero attached hydrogens (tertiary/aromatic N) is 1. The highest BCUT2D eigenvalue weighted by atomic mass is 15.0. The lowest BCUT2D eigenvalue weighted by molar-refractivity contribution is 0.768. The predicted octanol–water partition coefficient (Wildman–Crippen LogP) is 18.9. The molecule has 2 nitrogen and oxygen atoms in total. The zero-order valence-corrected chi connectivity index (χ0v) is 41.4. The first-order valence-electron chi connectivity index (χ1n) is 25.8. The molecule has 0 spiro atoms. The summed E-state index contributed by atoms with van der Waals surface area (Å²) in [4.78, 5) is 0. The van der Waals surface area contributed by atoms with Gasteiger partial charge in [-0.05, 0) is 126 Å². The van der Waals surface area contributed by atoms with Gasteiger partial charge in [0.15, 0.2) is 0 Å². The number of allylic oxidation sites excluding steroid dienone is 4. The highest BCUT2D eigenvalue weighted by Gasteiger charge is 2.47. The fraction of sp³-hybridized carbons (Fsp3) is 0.0137. The summed E-state index contributed by atoms with van der Waals surface area (Å²) in [5.74, 6) is 0. The molecule has 12 aromatic rings. The predicted molar refractivity (Wildman–Crippen MR) is 317 cm³/mol. The third-order valence-electron chi connectivity index (χ3n) is 15.0. The standard InChI is InChI=1S/C73H52N2/c1-5-24-53(25-6-1)55-26-20-27-56(50-55)54(29-22-48-74-61-34-11-4-12-35-61)45-44-52-23-19-28-57(49-52)62-36-13-14-37-63(62)58-46-47-65-64-38-16-18-42-69(64)75(71(65)51-58)70-43-21-41-68-72(70)66-39-15-17-40-67(66)73(68,59-30-7-2-8-31-59)60-32-9-3-10-33-60/h1-51,74H/b45-44-,48-22+,54-29+. The van der Waals surface area contributed by atoms with Gasteiger partial charge in [-0.15, -0.1) is 0 Å². The zero-order chi connectivity index (χ0) is 50.0. The van der Waals surface area contributed by atoms with E-state index in [2.05, 4.69) is 295 Å². The first-order chi connectivity index (χ1) is 37.2. The van der Waals surface area contributed by atoms with Gasteiger partial charge in [-0.1, -0.05) is 255 Å². The molecule has 0 saturated carbocycles. The number of hydrogen-bond donors (Lipinski definition) is 1. The quantitative estimate of drug-likeness (QED) is 0.121. The largest absolute Gasteiger partial charge is 0.362 e. The van der Waals surface area contributed by atoms with Gasteiger partial charge in [0.25, 0.3) is 0 Å². The maximum atomic E-state index is 3.41. The van der Waals surface area contributed by atoms with Crippen molar-refractivity contribution < 1.29 is 0 Å². The SMILES string of the molecule is C(=C/c1cccc(-c2ccccc2-c2ccc3c4ccccc4n(-c4cccc5c4-c4ccccc4C5(c4ccccc4)c4ccccc4)c3c2)c1)/C(=C\C=C\Nc1ccccc1)c1cccc(-c2ccccc2)c1. The molecular weight excluding hydrogens is 905 g/mol. The van der Waals surface area contributed by atoms with Crippen LogP contribution in [0.5, 0.6) is 0 Å². The fourth-order valence-electron chi connectivity index (χ4n) is 11.6. The second-order valence-electron chi connectivity index (χ2n) is 19.3. The van der Waals surface area contributed by atoms with Crippen molar-refractivity contribution in [1.82, 2.24) is 4.57 Å². The molecule has 0 amide bonds. The van der Waals surface area contributed by atoms with Crippen molar-refractivity contribution in [3.8, 4) is 50.2 Å². The van der Waals surface area contributed by atoms with Gasteiger partial charge in [0.2, 0.25) is 0 Å². The molecule has 1 aromatic heterocycles. The van der Waals surface area contributed by atoms with E-state index >= 15 is 0 Å². The van der Waals surface area contributed by atoms with Crippen molar-refractivity contribution in [3.05, 3.63) is 337 Å². The summed E-state index contributed by atoms with van der Waals surface area (Å²) in [6.07, 6.45) is 10.7. The minimum Gasteiger partial charge on any atom is -0.362 e. The molecule has 1 aliphatic carbocycles. The van der Waals surface area contributed by atoms with Gasteiger partial charge in [-0.2, -0.15) is 0 Å². The average Bonchev–Trinajstić information content (AvgIpc) is 4.15. The first-order valence-corrected chi connectivity index (χ1v) is 25.8. The second-order valence-corrected chi connectivity index (χ2v) is 19.3. The summed E-state index contributed by atoms with van der Waals surface area (Å²) in [5, 5.41) is 5.87. The Morgan fingerprint density at radius 3 is 1.73 bits per heavy atom. The number of benzene rings is 11. The van der Waals surface area contributed by atoms with Crippen LogP contribution in [-0.2, 0) is 5.41 Å². The van der Waals surface area contributed by atoms with Crippen molar-refractivity contribution in [2.75, 3.05) is 5.32 Å². The topological polar surface area (TPSA) is 17.0 Å². The molecule has 0 atom stereocenters. The Kier molecular flexibility index (Phi) is 11.8. The Labute approximate surface area is 439 Å². The van der Waals surface area contributed by atoms with E-state index < -0.39 is 5.41 Å². The first kappa shape index (κ1) is 45.1. The summed E-state index contributed by atoms with van der Waals surface area (Å²) < 4.78 is 2.53. The molecule has 0 fully saturated rings. The second kappa shape index (κ2) is 19.7. The van der Waals surface area contributed by atoms with Crippen molar-refractivity contribution in [1.29, 1.82) is 0 Å². The van der Waals surface area contributed by atoms with Crippen LogP contribution in [0.15, 0.2) is 303 Å². The number of rotatable bonds is 12. The van der Waals surface area contributed by atoms with Crippen LogP contribution in [0.4, 0.5) is 5.69 Å². The number of nitrogens with one attached hydrogen (secondary N) is 1. The lowest BCUT2D eigenvalue weighted by Gasteiger charge is -2.34. The molecule has 0 saturated heterocycles. The van der Waals surface area contributed by atoms with Gasteiger partial charge >= 0.3 is 0 Å². The lowest BCUT2D eigenvalue weighted by Crippen LogP contribution is -2.28. The van der Waals surface area contributed by atoms with Crippen LogP contribution in [0.2, 0.25) is 0 Å².